The molecule has 5 rings (SSSR count). The summed E-state index contributed by atoms with van der Waals surface area (Å²) in [5.74, 6) is -0.449. The van der Waals surface area contributed by atoms with E-state index >= 15 is 0 Å². The van der Waals surface area contributed by atoms with E-state index in [0.717, 1.165) is 41.9 Å². The van der Waals surface area contributed by atoms with Crippen molar-refractivity contribution < 1.29 is 9.50 Å². The van der Waals surface area contributed by atoms with Crippen molar-refractivity contribution in [1.29, 1.82) is 0 Å². The summed E-state index contributed by atoms with van der Waals surface area (Å²) in [6, 6.07) is 18.2. The summed E-state index contributed by atoms with van der Waals surface area (Å²) in [6.07, 6.45) is 3.29. The highest BCUT2D eigenvalue weighted by atomic mass is 19.1. The van der Waals surface area contributed by atoms with E-state index in [2.05, 4.69) is 45.8 Å². The number of H-pyrrole nitrogens is 1. The molecule has 35 heavy (non-hydrogen) atoms. The Kier molecular flexibility index (Phi) is 6.25. The zero-order chi connectivity index (χ0) is 24.4. The first kappa shape index (κ1) is 22.7. The fourth-order valence-electron chi connectivity index (χ4n) is 4.28. The van der Waals surface area contributed by atoms with Crippen molar-refractivity contribution in [3.05, 3.63) is 95.6 Å². The quantitative estimate of drug-likeness (QED) is 0.289. The molecule has 0 bridgehead atoms. The minimum atomic E-state index is -0.381. The van der Waals surface area contributed by atoms with Gasteiger partial charge >= 0.3 is 0 Å². The van der Waals surface area contributed by atoms with Gasteiger partial charge in [-0.05, 0) is 61.1 Å². The summed E-state index contributed by atoms with van der Waals surface area (Å²) in [5, 5.41) is 11.5. The van der Waals surface area contributed by atoms with Crippen LogP contribution in [0.5, 0.6) is 5.88 Å². The number of rotatable bonds is 7. The van der Waals surface area contributed by atoms with Crippen molar-refractivity contribution in [3.8, 4) is 5.88 Å². The zero-order valence-electron chi connectivity index (χ0n) is 19.7. The Morgan fingerprint density at radius 2 is 1.69 bits per heavy atom. The van der Waals surface area contributed by atoms with Gasteiger partial charge in [0.25, 0.3) is 0 Å². The molecule has 2 aromatic heterocycles. The van der Waals surface area contributed by atoms with Crippen LogP contribution < -0.4 is 0 Å². The standard InChI is InChI=1S/C28H26FN5O/c1-3-34(4-2)17-18-5-9-21(10-6-18)32-27(19-7-12-23-25(15-19)31-14-13-30-23)26-22-11-8-20(29)16-24(22)33-28(26)35/h5-16,33,35H,3-4,17H2,1-2H3. The van der Waals surface area contributed by atoms with Crippen LogP contribution in [0.25, 0.3) is 21.9 Å². The average Bonchev–Trinajstić information content (AvgIpc) is 3.20. The van der Waals surface area contributed by atoms with Gasteiger partial charge in [0.1, 0.15) is 5.82 Å². The lowest BCUT2D eigenvalue weighted by Gasteiger charge is -2.17. The molecular formula is C28H26FN5O. The zero-order valence-corrected chi connectivity index (χ0v) is 19.7. The SMILES string of the molecule is CCN(CC)Cc1ccc(N=C(c2ccc3nccnc3c2)c2c(O)[nH]c3cc(F)ccc23)cc1. The van der Waals surface area contributed by atoms with Crippen LogP contribution in [0.1, 0.15) is 30.5 Å². The van der Waals surface area contributed by atoms with Gasteiger partial charge in [-0.1, -0.05) is 32.0 Å². The Morgan fingerprint density at radius 1 is 0.943 bits per heavy atom. The molecule has 3 aromatic carbocycles. The van der Waals surface area contributed by atoms with Crippen molar-refractivity contribution in [2.45, 2.75) is 20.4 Å². The molecule has 5 aromatic rings. The van der Waals surface area contributed by atoms with Crippen LogP contribution in [0.15, 0.2) is 78.0 Å². The van der Waals surface area contributed by atoms with Gasteiger partial charge in [-0.25, -0.2) is 9.38 Å². The third-order valence-corrected chi connectivity index (χ3v) is 6.20. The molecule has 0 atom stereocenters. The molecular weight excluding hydrogens is 441 g/mol. The highest BCUT2D eigenvalue weighted by molar-refractivity contribution is 6.22. The fraction of sp³-hybridized carbons (Fsp3) is 0.179. The topological polar surface area (TPSA) is 77.4 Å². The van der Waals surface area contributed by atoms with Crippen molar-refractivity contribution in [3.63, 3.8) is 0 Å². The van der Waals surface area contributed by atoms with Crippen molar-refractivity contribution in [1.82, 2.24) is 19.9 Å². The third-order valence-electron chi connectivity index (χ3n) is 6.20. The van der Waals surface area contributed by atoms with E-state index in [1.165, 1.54) is 17.7 Å². The molecule has 0 fully saturated rings. The van der Waals surface area contributed by atoms with Crippen LogP contribution >= 0.6 is 0 Å². The van der Waals surface area contributed by atoms with Gasteiger partial charge in [-0.2, -0.15) is 0 Å². The number of fused-ring (bicyclic) bond motifs is 2. The lowest BCUT2D eigenvalue weighted by Crippen LogP contribution is -2.21. The monoisotopic (exact) mass is 467 g/mol. The predicted octanol–water partition coefficient (Wildman–Crippen LogP) is 5.97. The predicted molar refractivity (Wildman–Crippen MR) is 138 cm³/mol. The fourth-order valence-corrected chi connectivity index (χ4v) is 4.28. The summed E-state index contributed by atoms with van der Waals surface area (Å²) in [7, 11) is 0. The summed E-state index contributed by atoms with van der Waals surface area (Å²) in [4.78, 5) is 19.0. The maximum absolute atomic E-state index is 13.9. The number of aromatic nitrogens is 3. The van der Waals surface area contributed by atoms with Crippen molar-refractivity contribution in [2.75, 3.05) is 13.1 Å². The second kappa shape index (κ2) is 9.64. The molecule has 0 radical (unpaired) electrons. The highest BCUT2D eigenvalue weighted by Gasteiger charge is 2.19. The Hall–Kier alpha value is -4.10. The Morgan fingerprint density at radius 3 is 2.43 bits per heavy atom. The first-order valence-electron chi connectivity index (χ1n) is 11.7. The maximum atomic E-state index is 13.9. The van der Waals surface area contributed by atoms with E-state index < -0.39 is 0 Å². The van der Waals surface area contributed by atoms with Gasteiger partial charge in [-0.15, -0.1) is 0 Å². The maximum Gasteiger partial charge on any atom is 0.199 e. The lowest BCUT2D eigenvalue weighted by atomic mass is 10.00. The molecule has 2 heterocycles. The molecule has 2 N–H and O–H groups in total. The van der Waals surface area contributed by atoms with Crippen molar-refractivity contribution >= 4 is 33.3 Å². The van der Waals surface area contributed by atoms with E-state index in [4.69, 9.17) is 4.99 Å². The molecule has 6 nitrogen and oxygen atoms in total. The minimum absolute atomic E-state index is 0.0678. The van der Waals surface area contributed by atoms with Gasteiger partial charge in [0.05, 0.1) is 33.5 Å². The number of benzene rings is 3. The molecule has 0 spiro atoms. The number of aliphatic imine (C=N–C) groups is 1. The van der Waals surface area contributed by atoms with Gasteiger partial charge in [-0.3, -0.25) is 14.9 Å². The van der Waals surface area contributed by atoms with Crippen LogP contribution in [0.3, 0.4) is 0 Å². The van der Waals surface area contributed by atoms with Crippen LogP contribution in [0.2, 0.25) is 0 Å². The molecule has 0 aliphatic rings. The third kappa shape index (κ3) is 4.63. The number of hydrogen-bond donors (Lipinski definition) is 2. The van der Waals surface area contributed by atoms with Crippen LogP contribution in [-0.2, 0) is 6.54 Å². The first-order chi connectivity index (χ1) is 17.1. The van der Waals surface area contributed by atoms with Crippen molar-refractivity contribution in [2.24, 2.45) is 4.99 Å². The number of aromatic hydroxyl groups is 1. The van der Waals surface area contributed by atoms with Crippen LogP contribution in [0, 0.1) is 5.82 Å². The normalized spacial score (nSPS) is 12.2. The van der Waals surface area contributed by atoms with Gasteiger partial charge in [0.15, 0.2) is 5.88 Å². The smallest absolute Gasteiger partial charge is 0.199 e. The minimum Gasteiger partial charge on any atom is -0.494 e. The van der Waals surface area contributed by atoms with E-state index in [0.29, 0.717) is 22.2 Å². The van der Waals surface area contributed by atoms with Crippen LogP contribution in [-0.4, -0.2) is 43.8 Å². The average molecular weight is 468 g/mol. The molecule has 0 unspecified atom stereocenters. The molecule has 0 aliphatic carbocycles. The molecule has 0 amide bonds. The number of hydrogen-bond acceptors (Lipinski definition) is 5. The van der Waals surface area contributed by atoms with Crippen LogP contribution in [0.4, 0.5) is 10.1 Å². The molecule has 0 saturated carbocycles. The Bertz CT molecular complexity index is 1520. The molecule has 0 aliphatic heterocycles. The summed E-state index contributed by atoms with van der Waals surface area (Å²) in [5.41, 5.74) is 5.78. The first-order valence-corrected chi connectivity index (χ1v) is 11.7. The van der Waals surface area contributed by atoms with Gasteiger partial charge < -0.3 is 10.1 Å². The summed E-state index contributed by atoms with van der Waals surface area (Å²) in [6.45, 7) is 7.17. The summed E-state index contributed by atoms with van der Waals surface area (Å²) < 4.78 is 13.9. The van der Waals surface area contributed by atoms with E-state index in [1.807, 2.05) is 30.3 Å². The molecule has 7 heteroatoms. The largest absolute Gasteiger partial charge is 0.494 e. The lowest BCUT2D eigenvalue weighted by molar-refractivity contribution is 0.296. The number of halogens is 1. The number of aromatic amines is 1. The number of nitrogens with zero attached hydrogens (tertiary/aromatic N) is 4. The van der Waals surface area contributed by atoms with E-state index in [-0.39, 0.29) is 11.7 Å². The van der Waals surface area contributed by atoms with E-state index in [1.54, 1.807) is 18.5 Å². The number of nitrogens with one attached hydrogen (secondary N) is 1. The molecule has 0 saturated heterocycles. The van der Waals surface area contributed by atoms with E-state index in [9.17, 15) is 9.50 Å². The van der Waals surface area contributed by atoms with Gasteiger partial charge in [0, 0.05) is 29.9 Å². The Labute approximate surface area is 202 Å². The highest BCUT2D eigenvalue weighted by Crippen LogP contribution is 2.32. The second-order valence-electron chi connectivity index (χ2n) is 8.39. The second-order valence-corrected chi connectivity index (χ2v) is 8.39. The molecule has 176 valence electrons. The van der Waals surface area contributed by atoms with Gasteiger partial charge in [0.2, 0.25) is 0 Å². The Balaban J connectivity index is 1.64. The summed E-state index contributed by atoms with van der Waals surface area (Å²) >= 11 is 0.